The van der Waals surface area contributed by atoms with Gasteiger partial charge in [-0.15, -0.1) is 0 Å². The van der Waals surface area contributed by atoms with Crippen molar-refractivity contribution in [1.82, 2.24) is 24.8 Å². The Balaban J connectivity index is 1.22. The van der Waals surface area contributed by atoms with E-state index in [-0.39, 0.29) is 11.9 Å². The second-order valence-electron chi connectivity index (χ2n) is 6.82. The number of piperidine rings is 1. The van der Waals surface area contributed by atoms with E-state index in [1.54, 1.807) is 29.0 Å². The second-order valence-corrected chi connectivity index (χ2v) is 7.26. The van der Waals surface area contributed by atoms with Gasteiger partial charge in [0.1, 0.15) is 18.1 Å². The third-order valence-corrected chi connectivity index (χ3v) is 5.19. The molecule has 7 nitrogen and oxygen atoms in total. The molecule has 1 fully saturated rings. The number of likely N-dealkylation sites (tertiary alicyclic amines) is 1. The third kappa shape index (κ3) is 4.43. The minimum atomic E-state index is -0.111. The lowest BCUT2D eigenvalue weighted by Crippen LogP contribution is -2.45. The molecule has 3 heterocycles. The number of hydrogen-bond donors (Lipinski definition) is 1. The number of halogens is 1. The van der Waals surface area contributed by atoms with Gasteiger partial charge in [0.05, 0.1) is 6.20 Å². The number of hydrogen-bond acceptors (Lipinski definition) is 5. The monoisotopic (exact) mass is 399 g/mol. The van der Waals surface area contributed by atoms with Crippen molar-refractivity contribution in [1.29, 1.82) is 0 Å². The normalized spacial score (nSPS) is 15.6. The van der Waals surface area contributed by atoms with Crippen LogP contribution >= 0.6 is 11.6 Å². The molecule has 0 radical (unpaired) electrons. The van der Waals surface area contributed by atoms with E-state index >= 15 is 0 Å². The highest BCUT2D eigenvalue weighted by atomic mass is 35.5. The van der Waals surface area contributed by atoms with Gasteiger partial charge in [0.25, 0.3) is 5.91 Å². The van der Waals surface area contributed by atoms with Crippen LogP contribution in [0.2, 0.25) is 5.02 Å². The summed E-state index contributed by atoms with van der Waals surface area (Å²) in [5, 5.41) is 8.00. The van der Waals surface area contributed by atoms with Crippen LogP contribution in [0, 0.1) is 0 Å². The molecule has 4 rings (SSSR count). The first kappa shape index (κ1) is 18.7. The highest BCUT2D eigenvalue weighted by Crippen LogP contribution is 2.16. The molecule has 0 unspecified atom stereocenters. The van der Waals surface area contributed by atoms with E-state index in [0.717, 1.165) is 38.2 Å². The third-order valence-electron chi connectivity index (χ3n) is 4.94. The van der Waals surface area contributed by atoms with Crippen molar-refractivity contribution in [2.45, 2.75) is 18.9 Å². The van der Waals surface area contributed by atoms with E-state index in [9.17, 15) is 4.79 Å². The van der Waals surface area contributed by atoms with Gasteiger partial charge in [-0.25, -0.2) is 9.50 Å². The lowest BCUT2D eigenvalue weighted by atomic mass is 10.0. The average Bonchev–Trinajstić information content (AvgIpc) is 3.19. The predicted molar refractivity (Wildman–Crippen MR) is 107 cm³/mol. The molecule has 1 aliphatic rings. The van der Waals surface area contributed by atoms with Gasteiger partial charge in [0.2, 0.25) is 0 Å². The van der Waals surface area contributed by atoms with Gasteiger partial charge in [-0.3, -0.25) is 9.69 Å². The summed E-state index contributed by atoms with van der Waals surface area (Å²) < 4.78 is 7.33. The Morgan fingerprint density at radius 1 is 1.14 bits per heavy atom. The van der Waals surface area contributed by atoms with Gasteiger partial charge in [0, 0.05) is 43.0 Å². The zero-order valence-electron chi connectivity index (χ0n) is 15.4. The fraction of sp³-hybridized carbons (Fsp3) is 0.350. The first-order valence-corrected chi connectivity index (χ1v) is 9.77. The maximum absolute atomic E-state index is 12.6. The van der Waals surface area contributed by atoms with E-state index in [0.29, 0.717) is 23.0 Å². The predicted octanol–water partition coefficient (Wildman–Crippen LogP) is 2.66. The summed E-state index contributed by atoms with van der Waals surface area (Å²) in [6.07, 6.45) is 5.11. The van der Waals surface area contributed by atoms with Crippen LogP contribution < -0.4 is 10.1 Å². The van der Waals surface area contributed by atoms with Crippen LogP contribution in [0.3, 0.4) is 0 Å². The van der Waals surface area contributed by atoms with Crippen molar-refractivity contribution in [2.75, 3.05) is 26.2 Å². The zero-order chi connectivity index (χ0) is 19.3. The lowest BCUT2D eigenvalue weighted by molar-refractivity contribution is 0.0898. The van der Waals surface area contributed by atoms with E-state index in [1.165, 1.54) is 0 Å². The number of benzene rings is 1. The minimum Gasteiger partial charge on any atom is -0.492 e. The molecule has 1 aliphatic heterocycles. The average molecular weight is 400 g/mol. The van der Waals surface area contributed by atoms with Gasteiger partial charge in [-0.2, -0.15) is 5.10 Å². The smallest absolute Gasteiger partial charge is 0.270 e. The highest BCUT2D eigenvalue weighted by molar-refractivity contribution is 6.30. The first-order chi connectivity index (χ1) is 13.7. The quantitative estimate of drug-likeness (QED) is 0.690. The van der Waals surface area contributed by atoms with Crippen LogP contribution in [0.1, 0.15) is 23.3 Å². The van der Waals surface area contributed by atoms with Crippen LogP contribution in [-0.2, 0) is 0 Å². The molecule has 2 aromatic heterocycles. The number of aromatic nitrogens is 3. The molecule has 0 spiro atoms. The van der Waals surface area contributed by atoms with Crippen molar-refractivity contribution >= 4 is 23.2 Å². The van der Waals surface area contributed by atoms with E-state index < -0.39 is 0 Å². The zero-order valence-corrected chi connectivity index (χ0v) is 16.2. The SMILES string of the molecule is O=C(NC1CCN(CCOc2ccc(Cl)cc2)CC1)c1ccnc2ccnn12. The molecule has 1 aromatic carbocycles. The fourth-order valence-electron chi connectivity index (χ4n) is 3.39. The molecule has 146 valence electrons. The van der Waals surface area contributed by atoms with Gasteiger partial charge < -0.3 is 10.1 Å². The van der Waals surface area contributed by atoms with Crippen LogP contribution in [0.4, 0.5) is 0 Å². The largest absolute Gasteiger partial charge is 0.492 e. The summed E-state index contributed by atoms with van der Waals surface area (Å²) in [5.74, 6) is 0.717. The van der Waals surface area contributed by atoms with Crippen molar-refractivity contribution in [3.8, 4) is 5.75 Å². The summed E-state index contributed by atoms with van der Waals surface area (Å²) >= 11 is 5.88. The van der Waals surface area contributed by atoms with Crippen LogP contribution in [0.15, 0.2) is 48.8 Å². The molecule has 0 bridgehead atoms. The molecule has 1 saturated heterocycles. The van der Waals surface area contributed by atoms with Gasteiger partial charge >= 0.3 is 0 Å². The van der Waals surface area contributed by atoms with Crippen molar-refractivity contribution in [3.63, 3.8) is 0 Å². The molecule has 0 saturated carbocycles. The number of rotatable bonds is 6. The Morgan fingerprint density at radius 3 is 2.71 bits per heavy atom. The van der Waals surface area contributed by atoms with Crippen LogP contribution in [-0.4, -0.2) is 57.7 Å². The van der Waals surface area contributed by atoms with Crippen LogP contribution in [0.5, 0.6) is 5.75 Å². The molecule has 1 N–H and O–H groups in total. The Labute approximate surface area is 168 Å². The number of carbonyl (C=O) groups is 1. The van der Waals surface area contributed by atoms with Crippen molar-refractivity contribution in [2.24, 2.45) is 0 Å². The molecule has 0 atom stereocenters. The first-order valence-electron chi connectivity index (χ1n) is 9.39. The van der Waals surface area contributed by atoms with E-state index in [1.807, 2.05) is 24.3 Å². The Kier molecular flexibility index (Phi) is 5.73. The molecule has 8 heteroatoms. The molecular formula is C20H22ClN5O2. The van der Waals surface area contributed by atoms with E-state index in [2.05, 4.69) is 20.3 Å². The second kappa shape index (κ2) is 8.58. The standard InChI is InChI=1S/C20H22ClN5O2/c21-15-1-3-17(4-2-15)28-14-13-25-11-7-16(8-12-25)24-20(27)18-5-9-22-19-6-10-23-26(18)19/h1-6,9-10,16H,7-8,11-14H2,(H,24,27). The number of carbonyl (C=O) groups excluding carboxylic acids is 1. The Morgan fingerprint density at radius 2 is 1.93 bits per heavy atom. The summed E-state index contributed by atoms with van der Waals surface area (Å²) in [6, 6.07) is 11.0. The fourth-order valence-corrected chi connectivity index (χ4v) is 3.52. The number of nitrogens with one attached hydrogen (secondary N) is 1. The Bertz CT molecular complexity index is 935. The summed E-state index contributed by atoms with van der Waals surface area (Å²) in [4.78, 5) is 19.2. The molecular weight excluding hydrogens is 378 g/mol. The van der Waals surface area contributed by atoms with Crippen molar-refractivity contribution in [3.05, 3.63) is 59.5 Å². The topological polar surface area (TPSA) is 71.8 Å². The molecule has 0 aliphatic carbocycles. The summed E-state index contributed by atoms with van der Waals surface area (Å²) in [6.45, 7) is 3.36. The number of nitrogens with zero attached hydrogens (tertiary/aromatic N) is 4. The molecule has 3 aromatic rings. The van der Waals surface area contributed by atoms with Gasteiger partial charge in [-0.1, -0.05) is 11.6 Å². The maximum Gasteiger partial charge on any atom is 0.270 e. The minimum absolute atomic E-state index is 0.111. The Hall–Kier alpha value is -2.64. The number of fused-ring (bicyclic) bond motifs is 1. The number of amides is 1. The van der Waals surface area contributed by atoms with Gasteiger partial charge in [0.15, 0.2) is 5.65 Å². The van der Waals surface area contributed by atoms with Crippen molar-refractivity contribution < 1.29 is 9.53 Å². The van der Waals surface area contributed by atoms with E-state index in [4.69, 9.17) is 16.3 Å². The summed E-state index contributed by atoms with van der Waals surface area (Å²) in [7, 11) is 0. The molecule has 1 amide bonds. The lowest BCUT2D eigenvalue weighted by Gasteiger charge is -2.32. The number of ether oxygens (including phenoxy) is 1. The maximum atomic E-state index is 12.6. The summed E-state index contributed by atoms with van der Waals surface area (Å²) in [5.41, 5.74) is 1.18. The molecule has 28 heavy (non-hydrogen) atoms. The van der Waals surface area contributed by atoms with Gasteiger partial charge in [-0.05, 0) is 43.2 Å². The highest BCUT2D eigenvalue weighted by Gasteiger charge is 2.22. The van der Waals surface area contributed by atoms with Crippen LogP contribution in [0.25, 0.3) is 5.65 Å².